The Hall–Kier alpha value is -2.42. The highest BCUT2D eigenvalue weighted by Gasteiger charge is 2.14. The number of tetrazole rings is 1. The zero-order chi connectivity index (χ0) is 19.1. The molecule has 0 saturated carbocycles. The number of nitrogens with zero attached hydrogens (tertiary/aromatic N) is 4. The maximum Gasteiger partial charge on any atom is 0.252 e. The number of thioether (sulfide) groups is 1. The molecule has 1 heterocycles. The number of amides is 1. The maximum absolute atomic E-state index is 12.5. The zero-order valence-corrected chi connectivity index (χ0v) is 17.1. The van der Waals surface area contributed by atoms with Crippen molar-refractivity contribution in [3.63, 3.8) is 0 Å². The van der Waals surface area contributed by atoms with Crippen LogP contribution in [-0.2, 0) is 5.75 Å². The minimum absolute atomic E-state index is 0. The van der Waals surface area contributed by atoms with Gasteiger partial charge in [-0.3, -0.25) is 4.79 Å². The highest BCUT2D eigenvalue weighted by Crippen LogP contribution is 2.26. The summed E-state index contributed by atoms with van der Waals surface area (Å²) < 4.78 is 1.71. The molecule has 3 rings (SSSR count). The third kappa shape index (κ3) is 5.79. The molecular weight excluding hydrogens is 396 g/mol. The molecule has 1 amide bonds. The fourth-order valence-electron chi connectivity index (χ4n) is 2.50. The fraction of sp³-hybridized carbons (Fsp3) is 0.263. The molecule has 2 aromatic carbocycles. The predicted molar refractivity (Wildman–Crippen MR) is 113 cm³/mol. The van der Waals surface area contributed by atoms with Crippen LogP contribution in [0.5, 0.6) is 0 Å². The molecule has 0 fully saturated rings. The summed E-state index contributed by atoms with van der Waals surface area (Å²) in [6.45, 7) is 2.48. The van der Waals surface area contributed by atoms with Gasteiger partial charge in [-0.1, -0.05) is 30.3 Å². The van der Waals surface area contributed by atoms with E-state index in [4.69, 9.17) is 5.73 Å². The normalized spacial score (nSPS) is 11.5. The number of rotatable bonds is 8. The average Bonchev–Trinajstić information content (AvgIpc) is 3.15. The average molecular weight is 419 g/mol. The predicted octanol–water partition coefficient (Wildman–Crippen LogP) is 2.84. The largest absolute Gasteiger partial charge is 0.352 e. The van der Waals surface area contributed by atoms with Gasteiger partial charge in [-0.25, -0.2) is 0 Å². The van der Waals surface area contributed by atoms with Crippen LogP contribution in [0, 0.1) is 0 Å². The molecule has 3 N–H and O–H groups in total. The Morgan fingerprint density at radius 2 is 1.89 bits per heavy atom. The molecular formula is C19H23ClN6OS. The molecule has 0 radical (unpaired) electrons. The van der Waals surface area contributed by atoms with Crippen molar-refractivity contribution in [2.75, 3.05) is 6.54 Å². The molecule has 9 heteroatoms. The summed E-state index contributed by atoms with van der Waals surface area (Å²) in [4.78, 5) is 13.4. The van der Waals surface area contributed by atoms with Crippen LogP contribution in [0.3, 0.4) is 0 Å². The van der Waals surface area contributed by atoms with Crippen LogP contribution >= 0.6 is 24.2 Å². The first-order chi connectivity index (χ1) is 13.1. The molecule has 28 heavy (non-hydrogen) atoms. The van der Waals surface area contributed by atoms with E-state index in [2.05, 4.69) is 20.8 Å². The van der Waals surface area contributed by atoms with Gasteiger partial charge in [-0.2, -0.15) is 4.68 Å². The van der Waals surface area contributed by atoms with Crippen LogP contribution in [0.2, 0.25) is 0 Å². The van der Waals surface area contributed by atoms with Crippen molar-refractivity contribution in [3.8, 4) is 5.69 Å². The van der Waals surface area contributed by atoms with Gasteiger partial charge in [-0.15, -0.1) is 29.3 Å². The van der Waals surface area contributed by atoms with Gasteiger partial charge in [0.05, 0.1) is 17.0 Å². The lowest BCUT2D eigenvalue weighted by Crippen LogP contribution is -2.29. The number of carbonyl (C=O) groups is 1. The van der Waals surface area contributed by atoms with Crippen LogP contribution in [0.4, 0.5) is 0 Å². The van der Waals surface area contributed by atoms with E-state index < -0.39 is 0 Å². The van der Waals surface area contributed by atoms with E-state index in [9.17, 15) is 4.79 Å². The van der Waals surface area contributed by atoms with Crippen molar-refractivity contribution in [2.45, 2.75) is 30.0 Å². The van der Waals surface area contributed by atoms with Crippen LogP contribution < -0.4 is 11.1 Å². The lowest BCUT2D eigenvalue weighted by molar-refractivity contribution is 0.0950. The third-order valence-electron chi connectivity index (χ3n) is 3.91. The Morgan fingerprint density at radius 1 is 1.18 bits per heavy atom. The van der Waals surface area contributed by atoms with Crippen molar-refractivity contribution in [1.82, 2.24) is 25.5 Å². The SMILES string of the molecule is CC(N)CCNC(=O)c1ccccc1SCc1nnnn1-c1ccccc1.Cl. The lowest BCUT2D eigenvalue weighted by atomic mass is 10.2. The van der Waals surface area contributed by atoms with E-state index in [1.807, 2.05) is 61.5 Å². The molecule has 3 aromatic rings. The minimum atomic E-state index is -0.0959. The number of hydrogen-bond donors (Lipinski definition) is 2. The molecule has 1 atom stereocenters. The van der Waals surface area contributed by atoms with Crippen molar-refractivity contribution < 1.29 is 4.79 Å². The van der Waals surface area contributed by atoms with E-state index in [0.717, 1.165) is 22.8 Å². The van der Waals surface area contributed by atoms with Gasteiger partial charge in [0, 0.05) is 17.5 Å². The second-order valence-corrected chi connectivity index (χ2v) is 7.17. The number of aromatic nitrogens is 4. The van der Waals surface area contributed by atoms with Gasteiger partial charge in [0.1, 0.15) is 0 Å². The number of carbonyl (C=O) groups excluding carboxylic acids is 1. The number of hydrogen-bond acceptors (Lipinski definition) is 6. The topological polar surface area (TPSA) is 98.7 Å². The Labute approximate surface area is 174 Å². The Balaban J connectivity index is 0.00000280. The molecule has 1 aromatic heterocycles. The first kappa shape index (κ1) is 21.9. The number of nitrogens with one attached hydrogen (secondary N) is 1. The summed E-state index contributed by atoms with van der Waals surface area (Å²) >= 11 is 1.53. The quantitative estimate of drug-likeness (QED) is 0.546. The monoisotopic (exact) mass is 418 g/mol. The molecule has 7 nitrogen and oxygen atoms in total. The molecule has 0 saturated heterocycles. The van der Waals surface area contributed by atoms with Gasteiger partial charge in [0.25, 0.3) is 5.91 Å². The Bertz CT molecular complexity index is 887. The number of para-hydroxylation sites is 1. The molecule has 0 spiro atoms. The summed E-state index contributed by atoms with van der Waals surface area (Å²) in [6, 6.07) is 17.3. The summed E-state index contributed by atoms with van der Waals surface area (Å²) in [5.41, 5.74) is 7.28. The second kappa shape index (κ2) is 10.8. The minimum Gasteiger partial charge on any atom is -0.352 e. The third-order valence-corrected chi connectivity index (χ3v) is 4.98. The van der Waals surface area contributed by atoms with E-state index in [0.29, 0.717) is 17.9 Å². The van der Waals surface area contributed by atoms with E-state index in [-0.39, 0.29) is 24.4 Å². The zero-order valence-electron chi connectivity index (χ0n) is 15.5. The van der Waals surface area contributed by atoms with Gasteiger partial charge < -0.3 is 11.1 Å². The Morgan fingerprint density at radius 3 is 2.64 bits per heavy atom. The second-order valence-electron chi connectivity index (χ2n) is 6.15. The number of halogens is 1. The smallest absolute Gasteiger partial charge is 0.252 e. The molecule has 0 bridgehead atoms. The van der Waals surface area contributed by atoms with Gasteiger partial charge in [0.15, 0.2) is 5.82 Å². The standard InChI is InChI=1S/C19H22N6OS.ClH/c1-14(20)11-12-21-19(26)16-9-5-6-10-17(16)27-13-18-22-23-24-25(18)15-7-3-2-4-8-15;/h2-10,14H,11-13,20H2,1H3,(H,21,26);1H. The number of nitrogens with two attached hydrogens (primary N) is 1. The van der Waals surface area contributed by atoms with Crippen molar-refractivity contribution in [2.24, 2.45) is 5.73 Å². The number of benzene rings is 2. The van der Waals surface area contributed by atoms with Gasteiger partial charge in [-0.05, 0) is 48.0 Å². The fourth-order valence-corrected chi connectivity index (χ4v) is 3.45. The van der Waals surface area contributed by atoms with Gasteiger partial charge in [0.2, 0.25) is 0 Å². The summed E-state index contributed by atoms with van der Waals surface area (Å²) in [5, 5.41) is 14.9. The van der Waals surface area contributed by atoms with E-state index in [1.54, 1.807) is 4.68 Å². The van der Waals surface area contributed by atoms with Crippen LogP contribution in [0.25, 0.3) is 5.69 Å². The maximum atomic E-state index is 12.5. The summed E-state index contributed by atoms with van der Waals surface area (Å²) in [5.74, 6) is 1.17. The van der Waals surface area contributed by atoms with Crippen LogP contribution in [0.15, 0.2) is 59.5 Å². The molecule has 0 aliphatic rings. The van der Waals surface area contributed by atoms with E-state index in [1.165, 1.54) is 11.8 Å². The summed E-state index contributed by atoms with van der Waals surface area (Å²) in [7, 11) is 0. The lowest BCUT2D eigenvalue weighted by Gasteiger charge is -2.11. The van der Waals surface area contributed by atoms with Crippen LogP contribution in [-0.4, -0.2) is 38.7 Å². The van der Waals surface area contributed by atoms with Gasteiger partial charge >= 0.3 is 0 Å². The molecule has 148 valence electrons. The molecule has 1 unspecified atom stereocenters. The van der Waals surface area contributed by atoms with Crippen molar-refractivity contribution in [1.29, 1.82) is 0 Å². The van der Waals surface area contributed by atoms with Crippen molar-refractivity contribution in [3.05, 3.63) is 66.0 Å². The molecule has 0 aliphatic carbocycles. The molecule has 0 aliphatic heterocycles. The Kier molecular flexibility index (Phi) is 8.43. The highest BCUT2D eigenvalue weighted by atomic mass is 35.5. The highest BCUT2D eigenvalue weighted by molar-refractivity contribution is 7.98. The summed E-state index contributed by atoms with van der Waals surface area (Å²) in [6.07, 6.45) is 0.743. The first-order valence-electron chi connectivity index (χ1n) is 8.73. The first-order valence-corrected chi connectivity index (χ1v) is 9.72. The van der Waals surface area contributed by atoms with Crippen LogP contribution in [0.1, 0.15) is 29.5 Å². The van der Waals surface area contributed by atoms with E-state index >= 15 is 0 Å². The van der Waals surface area contributed by atoms with Crippen molar-refractivity contribution >= 4 is 30.1 Å².